The molecule has 3 rings (SSSR count). The number of thiocarbonyl (C=S) groups is 1. The van der Waals surface area contributed by atoms with Gasteiger partial charge in [0.1, 0.15) is 17.5 Å². The Morgan fingerprint density at radius 3 is 2.70 bits per heavy atom. The van der Waals surface area contributed by atoms with Crippen LogP contribution in [0.15, 0.2) is 48.5 Å². The Kier molecular flexibility index (Phi) is 7.90. The first kappa shape index (κ1) is 21.9. The molecule has 1 atom stereocenters. The Balaban J connectivity index is 1.53. The number of hydrogen-bond donors (Lipinski definition) is 1. The van der Waals surface area contributed by atoms with E-state index < -0.39 is 0 Å². The van der Waals surface area contributed by atoms with Crippen LogP contribution in [0.4, 0.5) is 10.5 Å². The highest BCUT2D eigenvalue weighted by Gasteiger charge is 2.33. The van der Waals surface area contributed by atoms with Crippen molar-refractivity contribution in [3.63, 3.8) is 0 Å². The lowest BCUT2D eigenvalue weighted by Gasteiger charge is -2.26. The smallest absolute Gasteiger partial charge is 0.322 e. The Morgan fingerprint density at radius 2 is 1.97 bits per heavy atom. The average Bonchev–Trinajstić information content (AvgIpc) is 3.28. The van der Waals surface area contributed by atoms with Crippen molar-refractivity contribution >= 4 is 29.0 Å². The van der Waals surface area contributed by atoms with Crippen LogP contribution in [0.1, 0.15) is 24.8 Å². The number of aryl methyl sites for hydroxylation is 1. The van der Waals surface area contributed by atoms with Gasteiger partial charge >= 0.3 is 6.03 Å². The first-order valence-electron chi connectivity index (χ1n) is 10.1. The predicted octanol–water partition coefficient (Wildman–Crippen LogP) is 4.68. The number of methoxy groups -OCH3 is 2. The van der Waals surface area contributed by atoms with E-state index in [-0.39, 0.29) is 12.1 Å². The van der Waals surface area contributed by atoms with E-state index in [1.807, 2.05) is 18.2 Å². The van der Waals surface area contributed by atoms with Gasteiger partial charge in [0.15, 0.2) is 5.05 Å². The van der Waals surface area contributed by atoms with Crippen molar-refractivity contribution in [2.45, 2.75) is 31.7 Å². The van der Waals surface area contributed by atoms with Gasteiger partial charge < -0.3 is 24.4 Å². The third-order valence-electron chi connectivity index (χ3n) is 5.13. The van der Waals surface area contributed by atoms with Crippen LogP contribution in [0.3, 0.4) is 0 Å². The topological polar surface area (TPSA) is 60.0 Å². The molecule has 1 heterocycles. The van der Waals surface area contributed by atoms with Crippen LogP contribution in [0.2, 0.25) is 0 Å². The summed E-state index contributed by atoms with van der Waals surface area (Å²) in [5, 5.41) is 3.40. The second kappa shape index (κ2) is 10.8. The minimum Gasteiger partial charge on any atom is -0.497 e. The van der Waals surface area contributed by atoms with Crippen molar-refractivity contribution in [2.75, 3.05) is 32.7 Å². The number of benzene rings is 2. The summed E-state index contributed by atoms with van der Waals surface area (Å²) >= 11 is 5.50. The zero-order chi connectivity index (χ0) is 21.3. The van der Waals surface area contributed by atoms with E-state index in [0.717, 1.165) is 25.7 Å². The van der Waals surface area contributed by atoms with Crippen molar-refractivity contribution in [3.8, 4) is 11.5 Å². The third kappa shape index (κ3) is 5.63. The molecule has 0 unspecified atom stereocenters. The van der Waals surface area contributed by atoms with Crippen LogP contribution in [0, 0.1) is 0 Å². The largest absolute Gasteiger partial charge is 0.497 e. The lowest BCUT2D eigenvalue weighted by molar-refractivity contribution is 0.207. The van der Waals surface area contributed by atoms with Crippen LogP contribution in [0.25, 0.3) is 0 Å². The molecule has 0 spiro atoms. The molecule has 2 aromatic rings. The zero-order valence-corrected chi connectivity index (χ0v) is 18.2. The number of amides is 2. The summed E-state index contributed by atoms with van der Waals surface area (Å²) in [5.41, 5.74) is 1.87. The summed E-state index contributed by atoms with van der Waals surface area (Å²) in [7, 11) is 3.14. The number of urea groups is 1. The Bertz CT molecular complexity index is 860. The summed E-state index contributed by atoms with van der Waals surface area (Å²) in [4.78, 5) is 14.6. The third-order valence-corrected chi connectivity index (χ3v) is 5.52. The minimum absolute atomic E-state index is 0.194. The van der Waals surface area contributed by atoms with Crippen LogP contribution in [0.5, 0.6) is 11.5 Å². The van der Waals surface area contributed by atoms with E-state index in [9.17, 15) is 4.79 Å². The molecule has 1 saturated heterocycles. The fourth-order valence-electron chi connectivity index (χ4n) is 3.53. The molecule has 1 aliphatic heterocycles. The van der Waals surface area contributed by atoms with Gasteiger partial charge in [0.05, 0.1) is 26.5 Å². The zero-order valence-electron chi connectivity index (χ0n) is 17.4. The van der Waals surface area contributed by atoms with Crippen LogP contribution >= 0.6 is 12.2 Å². The summed E-state index contributed by atoms with van der Waals surface area (Å²) in [6, 6.07) is 15.2. The molecule has 1 N–H and O–H groups in total. The highest BCUT2D eigenvalue weighted by Crippen LogP contribution is 2.30. The number of ether oxygens (including phenoxy) is 3. The van der Waals surface area contributed by atoms with E-state index in [1.54, 1.807) is 37.3 Å². The molecule has 0 radical (unpaired) electrons. The maximum atomic E-state index is 12.9. The number of rotatable bonds is 8. The summed E-state index contributed by atoms with van der Waals surface area (Å²) in [6.45, 7) is 1.19. The number of nitrogens with one attached hydrogen (secondary N) is 1. The SMILES string of the molecule is COc1ccc(NC(=O)N2CCC[C@H]2C(=S)OCCCc2ccccc2)c(OC)c1. The number of carbonyl (C=O) groups is 1. The molecule has 6 nitrogen and oxygen atoms in total. The standard InChI is InChI=1S/C23H28N2O4S/c1-27-18-12-13-19(21(16-18)28-2)24-23(26)25-14-6-11-20(25)22(30)29-15-7-10-17-8-4-3-5-9-17/h3-5,8-9,12-13,16,20H,6-7,10-11,14-15H2,1-2H3,(H,24,26)/t20-/m0/s1. The molecule has 160 valence electrons. The molecule has 0 aromatic heterocycles. The van der Waals surface area contributed by atoms with Gasteiger partial charge in [0, 0.05) is 12.6 Å². The van der Waals surface area contributed by atoms with Gasteiger partial charge in [-0.3, -0.25) is 0 Å². The van der Waals surface area contributed by atoms with Crippen LogP contribution in [-0.4, -0.2) is 49.4 Å². The van der Waals surface area contributed by atoms with Crippen LogP contribution < -0.4 is 14.8 Å². The average molecular weight is 429 g/mol. The highest BCUT2D eigenvalue weighted by molar-refractivity contribution is 7.80. The molecular formula is C23H28N2O4S. The van der Waals surface area contributed by atoms with E-state index in [4.69, 9.17) is 26.4 Å². The molecule has 1 aliphatic rings. The van der Waals surface area contributed by atoms with Gasteiger partial charge in [-0.2, -0.15) is 0 Å². The van der Waals surface area contributed by atoms with E-state index in [2.05, 4.69) is 17.4 Å². The Morgan fingerprint density at radius 1 is 1.17 bits per heavy atom. The fraction of sp³-hybridized carbons (Fsp3) is 0.391. The predicted molar refractivity (Wildman–Crippen MR) is 122 cm³/mol. The number of nitrogens with zero attached hydrogens (tertiary/aromatic N) is 1. The van der Waals surface area contributed by atoms with Gasteiger partial charge in [0.25, 0.3) is 0 Å². The maximum absolute atomic E-state index is 12.9. The number of anilines is 1. The monoisotopic (exact) mass is 428 g/mol. The molecule has 0 bridgehead atoms. The molecule has 0 saturated carbocycles. The first-order chi connectivity index (χ1) is 14.6. The number of hydrogen-bond acceptors (Lipinski definition) is 5. The summed E-state index contributed by atoms with van der Waals surface area (Å²) < 4.78 is 16.4. The molecule has 2 aromatic carbocycles. The lowest BCUT2D eigenvalue weighted by atomic mass is 10.1. The van der Waals surface area contributed by atoms with Crippen LogP contribution in [-0.2, 0) is 11.2 Å². The van der Waals surface area contributed by atoms with Gasteiger partial charge in [-0.25, -0.2) is 4.79 Å². The fourth-order valence-corrected chi connectivity index (χ4v) is 3.86. The Labute approximate surface area is 183 Å². The highest BCUT2D eigenvalue weighted by atomic mass is 32.1. The minimum atomic E-state index is -0.212. The van der Waals surface area contributed by atoms with Gasteiger partial charge in [-0.1, -0.05) is 30.3 Å². The normalized spacial score (nSPS) is 15.5. The lowest BCUT2D eigenvalue weighted by Crippen LogP contribution is -2.43. The van der Waals surface area contributed by atoms with E-state index >= 15 is 0 Å². The van der Waals surface area contributed by atoms with Crippen molar-refractivity contribution in [2.24, 2.45) is 0 Å². The summed E-state index contributed by atoms with van der Waals surface area (Å²) in [6.07, 6.45) is 3.53. The number of likely N-dealkylation sites (tertiary alicyclic amines) is 1. The van der Waals surface area contributed by atoms with Crippen molar-refractivity contribution in [1.29, 1.82) is 0 Å². The quantitative estimate of drug-likeness (QED) is 0.489. The van der Waals surface area contributed by atoms with Crippen molar-refractivity contribution in [1.82, 2.24) is 4.90 Å². The number of carbonyl (C=O) groups excluding carboxylic acids is 1. The second-order valence-corrected chi connectivity index (χ2v) is 7.51. The van der Waals surface area contributed by atoms with Gasteiger partial charge in [-0.15, -0.1) is 0 Å². The second-order valence-electron chi connectivity index (χ2n) is 7.10. The molecule has 1 fully saturated rings. The van der Waals surface area contributed by atoms with Gasteiger partial charge in [0.2, 0.25) is 0 Å². The first-order valence-corrected chi connectivity index (χ1v) is 10.5. The molecule has 7 heteroatoms. The molecule has 0 aliphatic carbocycles. The van der Waals surface area contributed by atoms with E-state index in [1.165, 1.54) is 5.56 Å². The maximum Gasteiger partial charge on any atom is 0.322 e. The van der Waals surface area contributed by atoms with E-state index in [0.29, 0.717) is 35.4 Å². The molecular weight excluding hydrogens is 400 g/mol. The van der Waals surface area contributed by atoms with Gasteiger partial charge in [-0.05, 0) is 55.6 Å². The van der Waals surface area contributed by atoms with Crippen molar-refractivity contribution < 1.29 is 19.0 Å². The molecule has 30 heavy (non-hydrogen) atoms. The van der Waals surface area contributed by atoms with Crippen molar-refractivity contribution in [3.05, 3.63) is 54.1 Å². The summed E-state index contributed by atoms with van der Waals surface area (Å²) in [5.74, 6) is 1.20. The molecule has 2 amide bonds. The Hall–Kier alpha value is -2.80.